The molecule has 3 N–H and O–H groups in total. The maximum atomic E-state index is 13.1. The lowest BCUT2D eigenvalue weighted by atomic mass is 9.94. The highest BCUT2D eigenvalue weighted by molar-refractivity contribution is 5.95. The predicted molar refractivity (Wildman–Crippen MR) is 81.8 cm³/mol. The Balaban J connectivity index is 2.13. The summed E-state index contributed by atoms with van der Waals surface area (Å²) in [5.41, 5.74) is 9.53. The molecule has 1 fully saturated rings. The molecule has 0 amide bonds. The molecule has 20 heavy (non-hydrogen) atoms. The van der Waals surface area contributed by atoms with Gasteiger partial charge < -0.3 is 11.1 Å². The number of aryl methyl sites for hydroxylation is 1. The Kier molecular flexibility index (Phi) is 4.90. The highest BCUT2D eigenvalue weighted by Gasteiger charge is 2.15. The van der Waals surface area contributed by atoms with Crippen LogP contribution >= 0.6 is 0 Å². The summed E-state index contributed by atoms with van der Waals surface area (Å²) in [5.74, 6) is 0.208. The van der Waals surface area contributed by atoms with Gasteiger partial charge in [0.05, 0.1) is 5.69 Å². The third-order valence-electron chi connectivity index (χ3n) is 3.64. The van der Waals surface area contributed by atoms with Crippen molar-refractivity contribution in [3.63, 3.8) is 0 Å². The van der Waals surface area contributed by atoms with Crippen LogP contribution in [0, 0.1) is 18.7 Å². The number of halogens is 1. The number of benzene rings is 1. The second-order valence-corrected chi connectivity index (χ2v) is 5.35. The summed E-state index contributed by atoms with van der Waals surface area (Å²) < 4.78 is 13.1. The molecule has 1 aromatic rings. The molecule has 1 aliphatic rings. The van der Waals surface area contributed by atoms with Crippen LogP contribution in [0.3, 0.4) is 0 Å². The van der Waals surface area contributed by atoms with Crippen molar-refractivity contribution in [3.05, 3.63) is 41.4 Å². The topological polar surface area (TPSA) is 50.4 Å². The van der Waals surface area contributed by atoms with Crippen molar-refractivity contribution in [2.75, 3.05) is 13.1 Å². The number of nitrogens with one attached hydrogen (secondary N) is 1. The van der Waals surface area contributed by atoms with E-state index in [1.165, 1.54) is 12.1 Å². The van der Waals surface area contributed by atoms with E-state index in [1.54, 1.807) is 6.07 Å². The van der Waals surface area contributed by atoms with Crippen molar-refractivity contribution in [2.45, 2.75) is 26.7 Å². The number of allylic oxidation sites excluding steroid dienone is 2. The maximum Gasteiger partial charge on any atom is 0.123 e. The fourth-order valence-corrected chi connectivity index (χ4v) is 2.48. The van der Waals surface area contributed by atoms with E-state index in [1.807, 2.05) is 19.9 Å². The molecule has 0 atom stereocenters. The standard InChI is InChI=1S/C16H22FN3/c1-11-9-14(17)3-4-16(11)20-12(2)10-15(18)13-5-7-19-8-6-13/h3-4,9-10,13,19H,5-8,18H2,1-2H3/b15-10-,20-12?. The highest BCUT2D eigenvalue weighted by Crippen LogP contribution is 2.21. The monoisotopic (exact) mass is 275 g/mol. The first-order chi connectivity index (χ1) is 9.56. The highest BCUT2D eigenvalue weighted by atomic mass is 19.1. The molecule has 4 heteroatoms. The van der Waals surface area contributed by atoms with Crippen molar-refractivity contribution >= 4 is 11.4 Å². The van der Waals surface area contributed by atoms with Gasteiger partial charge in [0, 0.05) is 17.3 Å². The summed E-state index contributed by atoms with van der Waals surface area (Å²) in [6.45, 7) is 5.82. The van der Waals surface area contributed by atoms with Crippen LogP contribution in [-0.2, 0) is 0 Å². The Morgan fingerprint density at radius 1 is 1.40 bits per heavy atom. The quantitative estimate of drug-likeness (QED) is 0.833. The molecule has 1 aromatic carbocycles. The van der Waals surface area contributed by atoms with E-state index in [0.717, 1.165) is 48.6 Å². The molecule has 0 aromatic heterocycles. The van der Waals surface area contributed by atoms with Gasteiger partial charge in [-0.3, -0.25) is 4.99 Å². The van der Waals surface area contributed by atoms with Gasteiger partial charge in [-0.25, -0.2) is 4.39 Å². The van der Waals surface area contributed by atoms with Crippen molar-refractivity contribution < 1.29 is 4.39 Å². The van der Waals surface area contributed by atoms with Gasteiger partial charge in [-0.1, -0.05) is 0 Å². The largest absolute Gasteiger partial charge is 0.402 e. The SMILES string of the molecule is CC(/C=C(\N)C1CCNCC1)=Nc1ccc(F)cc1C. The maximum absolute atomic E-state index is 13.1. The van der Waals surface area contributed by atoms with Gasteiger partial charge in [0.25, 0.3) is 0 Å². The Hall–Kier alpha value is -1.68. The molecule has 0 aliphatic carbocycles. The Morgan fingerprint density at radius 2 is 2.10 bits per heavy atom. The van der Waals surface area contributed by atoms with E-state index in [4.69, 9.17) is 5.73 Å². The molecule has 0 bridgehead atoms. The molecule has 0 unspecified atom stereocenters. The van der Waals surface area contributed by atoms with E-state index >= 15 is 0 Å². The first-order valence-electron chi connectivity index (χ1n) is 7.05. The third-order valence-corrected chi connectivity index (χ3v) is 3.64. The molecule has 0 radical (unpaired) electrons. The third kappa shape index (κ3) is 3.90. The number of rotatable bonds is 3. The first-order valence-corrected chi connectivity index (χ1v) is 7.05. The van der Waals surface area contributed by atoms with Crippen LogP contribution in [0.2, 0.25) is 0 Å². The van der Waals surface area contributed by atoms with Gasteiger partial charge in [-0.2, -0.15) is 0 Å². The number of nitrogens with zero attached hydrogens (tertiary/aromatic N) is 1. The minimum atomic E-state index is -0.233. The van der Waals surface area contributed by atoms with Crippen LogP contribution in [0.15, 0.2) is 35.0 Å². The van der Waals surface area contributed by atoms with E-state index in [9.17, 15) is 4.39 Å². The molecule has 0 saturated carbocycles. The van der Waals surface area contributed by atoms with Gasteiger partial charge in [0.2, 0.25) is 0 Å². The molecule has 1 saturated heterocycles. The molecular weight excluding hydrogens is 253 g/mol. The predicted octanol–water partition coefficient (Wildman–Crippen LogP) is 3.07. The lowest BCUT2D eigenvalue weighted by Crippen LogP contribution is -2.30. The van der Waals surface area contributed by atoms with Gasteiger partial charge in [0.1, 0.15) is 5.82 Å². The average Bonchev–Trinajstić information content (AvgIpc) is 2.43. The molecule has 1 heterocycles. The number of hydrogen-bond acceptors (Lipinski definition) is 3. The molecular formula is C16H22FN3. The van der Waals surface area contributed by atoms with E-state index in [2.05, 4.69) is 10.3 Å². The Morgan fingerprint density at radius 3 is 2.75 bits per heavy atom. The normalized spacial score (nSPS) is 18.4. The molecule has 1 aliphatic heterocycles. The second-order valence-electron chi connectivity index (χ2n) is 5.35. The molecule has 0 spiro atoms. The molecule has 2 rings (SSSR count). The number of piperidine rings is 1. The van der Waals surface area contributed by atoms with Crippen LogP contribution in [0.4, 0.5) is 10.1 Å². The van der Waals surface area contributed by atoms with Crippen molar-refractivity contribution in [1.29, 1.82) is 0 Å². The van der Waals surface area contributed by atoms with Crippen LogP contribution in [0.1, 0.15) is 25.3 Å². The zero-order valence-electron chi connectivity index (χ0n) is 12.1. The second kappa shape index (κ2) is 6.66. The number of nitrogens with two attached hydrogens (primary N) is 1. The van der Waals surface area contributed by atoms with Gasteiger partial charge in [0.15, 0.2) is 0 Å². The van der Waals surface area contributed by atoms with Crippen LogP contribution < -0.4 is 11.1 Å². The summed E-state index contributed by atoms with van der Waals surface area (Å²) in [5, 5.41) is 3.33. The summed E-state index contributed by atoms with van der Waals surface area (Å²) in [4.78, 5) is 4.51. The molecule has 3 nitrogen and oxygen atoms in total. The minimum Gasteiger partial charge on any atom is -0.402 e. The van der Waals surface area contributed by atoms with E-state index < -0.39 is 0 Å². The van der Waals surface area contributed by atoms with Crippen LogP contribution in [-0.4, -0.2) is 18.8 Å². The van der Waals surface area contributed by atoms with E-state index in [-0.39, 0.29) is 5.82 Å². The fraction of sp³-hybridized carbons (Fsp3) is 0.438. The van der Waals surface area contributed by atoms with Crippen molar-refractivity contribution in [1.82, 2.24) is 5.32 Å². The van der Waals surface area contributed by atoms with Crippen LogP contribution in [0.25, 0.3) is 0 Å². The first kappa shape index (κ1) is 14.7. The summed E-state index contributed by atoms with van der Waals surface area (Å²) in [6.07, 6.45) is 4.09. The fourth-order valence-electron chi connectivity index (χ4n) is 2.48. The van der Waals surface area contributed by atoms with Gasteiger partial charge >= 0.3 is 0 Å². The van der Waals surface area contributed by atoms with E-state index in [0.29, 0.717) is 5.92 Å². The Bertz CT molecular complexity index is 529. The number of hydrogen-bond donors (Lipinski definition) is 2. The number of aliphatic imine (C=N–C) groups is 1. The summed E-state index contributed by atoms with van der Waals surface area (Å²) in [7, 11) is 0. The van der Waals surface area contributed by atoms with Gasteiger partial charge in [-0.05, 0) is 69.6 Å². The van der Waals surface area contributed by atoms with Crippen molar-refractivity contribution in [3.8, 4) is 0 Å². The van der Waals surface area contributed by atoms with Crippen LogP contribution in [0.5, 0.6) is 0 Å². The Labute approximate surface area is 119 Å². The smallest absolute Gasteiger partial charge is 0.123 e. The lowest BCUT2D eigenvalue weighted by Gasteiger charge is -2.22. The lowest BCUT2D eigenvalue weighted by molar-refractivity contribution is 0.417. The zero-order chi connectivity index (χ0) is 14.5. The summed E-state index contributed by atoms with van der Waals surface area (Å²) >= 11 is 0. The zero-order valence-corrected chi connectivity index (χ0v) is 12.1. The van der Waals surface area contributed by atoms with Gasteiger partial charge in [-0.15, -0.1) is 0 Å². The average molecular weight is 275 g/mol. The minimum absolute atomic E-state index is 0.233. The molecule has 108 valence electrons. The van der Waals surface area contributed by atoms with Crippen molar-refractivity contribution in [2.24, 2.45) is 16.6 Å². The summed E-state index contributed by atoms with van der Waals surface area (Å²) in [6, 6.07) is 4.62.